The number of benzene rings is 2. The van der Waals surface area contributed by atoms with E-state index < -0.39 is 0 Å². The van der Waals surface area contributed by atoms with Crippen LogP contribution in [0.25, 0.3) is 10.8 Å². The lowest BCUT2D eigenvalue weighted by atomic mass is 9.74. The van der Waals surface area contributed by atoms with Gasteiger partial charge in [-0.2, -0.15) is 0 Å². The third-order valence-electron chi connectivity index (χ3n) is 5.07. The number of hydrogen-bond acceptors (Lipinski definition) is 4. The van der Waals surface area contributed by atoms with E-state index in [0.29, 0.717) is 19.3 Å². The zero-order valence-corrected chi connectivity index (χ0v) is 14.1. The summed E-state index contributed by atoms with van der Waals surface area (Å²) in [7, 11) is 2.83. The molecule has 0 aliphatic heterocycles. The van der Waals surface area contributed by atoms with E-state index in [1.807, 2.05) is 6.07 Å². The molecule has 126 valence electrons. The zero-order valence-electron chi connectivity index (χ0n) is 14.1. The predicted octanol–water partition coefficient (Wildman–Crippen LogP) is 3.54. The Hall–Kier alpha value is -2.36. The average Bonchev–Trinajstić information content (AvgIpc) is 2.90. The number of carbonyl (C=O) groups is 2. The molecule has 1 atom stereocenters. The summed E-state index contributed by atoms with van der Waals surface area (Å²) in [5.41, 5.74) is 2.17. The van der Waals surface area contributed by atoms with Crippen LogP contribution in [0.3, 0.4) is 0 Å². The molecule has 2 aromatic carbocycles. The maximum Gasteiger partial charge on any atom is 0.306 e. The normalized spacial score (nSPS) is 18.6. The molecule has 0 N–H and O–H groups in total. The SMILES string of the molecule is COC(=O)CCCC1(CC(=O)OC)Cc2cccc3cccc1c23. The highest BCUT2D eigenvalue weighted by Crippen LogP contribution is 2.47. The van der Waals surface area contributed by atoms with E-state index in [1.54, 1.807) is 0 Å². The molecule has 0 aromatic heterocycles. The fraction of sp³-hybridized carbons (Fsp3) is 0.400. The van der Waals surface area contributed by atoms with Gasteiger partial charge >= 0.3 is 11.9 Å². The average molecular weight is 326 g/mol. The monoisotopic (exact) mass is 326 g/mol. The number of rotatable bonds is 6. The van der Waals surface area contributed by atoms with Crippen LogP contribution < -0.4 is 0 Å². The van der Waals surface area contributed by atoms with Gasteiger partial charge in [0.2, 0.25) is 0 Å². The van der Waals surface area contributed by atoms with E-state index in [0.717, 1.165) is 12.8 Å². The second-order valence-corrected chi connectivity index (χ2v) is 6.46. The lowest BCUT2D eigenvalue weighted by Crippen LogP contribution is -2.30. The maximum atomic E-state index is 12.1. The van der Waals surface area contributed by atoms with Crippen molar-refractivity contribution >= 4 is 22.7 Å². The van der Waals surface area contributed by atoms with Crippen LogP contribution in [-0.2, 0) is 30.9 Å². The number of ether oxygens (including phenoxy) is 2. The van der Waals surface area contributed by atoms with E-state index in [-0.39, 0.29) is 17.4 Å². The first-order valence-corrected chi connectivity index (χ1v) is 8.24. The first-order valence-electron chi connectivity index (χ1n) is 8.24. The Morgan fingerprint density at radius 3 is 2.46 bits per heavy atom. The molecule has 0 heterocycles. The summed E-state index contributed by atoms with van der Waals surface area (Å²) in [6.45, 7) is 0. The van der Waals surface area contributed by atoms with Gasteiger partial charge in [-0.1, -0.05) is 36.4 Å². The fourth-order valence-electron chi connectivity index (χ4n) is 3.96. The van der Waals surface area contributed by atoms with Crippen LogP contribution in [0.15, 0.2) is 36.4 Å². The summed E-state index contributed by atoms with van der Waals surface area (Å²) in [6.07, 6.45) is 2.95. The van der Waals surface area contributed by atoms with Gasteiger partial charge in [0.15, 0.2) is 0 Å². The largest absolute Gasteiger partial charge is 0.469 e. The smallest absolute Gasteiger partial charge is 0.306 e. The predicted molar refractivity (Wildman–Crippen MR) is 91.8 cm³/mol. The Kier molecular flexibility index (Phi) is 4.56. The lowest BCUT2D eigenvalue weighted by molar-refractivity contribution is -0.142. The van der Waals surface area contributed by atoms with Crippen molar-refractivity contribution in [1.82, 2.24) is 0 Å². The van der Waals surface area contributed by atoms with Crippen molar-refractivity contribution in [1.29, 1.82) is 0 Å². The zero-order chi connectivity index (χ0) is 17.2. The highest BCUT2D eigenvalue weighted by Gasteiger charge is 2.41. The molecular weight excluding hydrogens is 304 g/mol. The van der Waals surface area contributed by atoms with E-state index in [2.05, 4.69) is 30.3 Å². The molecule has 0 bridgehead atoms. The molecule has 1 aliphatic rings. The molecule has 0 spiro atoms. The van der Waals surface area contributed by atoms with E-state index in [4.69, 9.17) is 9.47 Å². The summed E-state index contributed by atoms with van der Waals surface area (Å²) in [4.78, 5) is 23.5. The van der Waals surface area contributed by atoms with Gasteiger partial charge in [0.25, 0.3) is 0 Å². The molecule has 0 saturated carbocycles. The van der Waals surface area contributed by atoms with Gasteiger partial charge in [-0.3, -0.25) is 9.59 Å². The second-order valence-electron chi connectivity index (χ2n) is 6.46. The Morgan fingerprint density at radius 2 is 1.75 bits per heavy atom. The summed E-state index contributed by atoms with van der Waals surface area (Å²) in [6, 6.07) is 12.5. The van der Waals surface area contributed by atoms with Crippen molar-refractivity contribution in [2.45, 2.75) is 37.5 Å². The van der Waals surface area contributed by atoms with Crippen LogP contribution in [0.2, 0.25) is 0 Å². The van der Waals surface area contributed by atoms with E-state index >= 15 is 0 Å². The second kappa shape index (κ2) is 6.63. The summed E-state index contributed by atoms with van der Waals surface area (Å²) in [5.74, 6) is -0.421. The van der Waals surface area contributed by atoms with E-state index in [9.17, 15) is 9.59 Å². The van der Waals surface area contributed by atoms with Gasteiger partial charge in [0, 0.05) is 11.8 Å². The van der Waals surface area contributed by atoms with Crippen LogP contribution in [0.1, 0.15) is 36.8 Å². The number of hydrogen-bond donors (Lipinski definition) is 0. The highest BCUT2D eigenvalue weighted by atomic mass is 16.5. The molecule has 1 aliphatic carbocycles. The van der Waals surface area contributed by atoms with Crippen LogP contribution in [0.5, 0.6) is 0 Å². The summed E-state index contributed by atoms with van der Waals surface area (Å²) in [5, 5.41) is 2.45. The van der Waals surface area contributed by atoms with Gasteiger partial charge in [-0.25, -0.2) is 0 Å². The third kappa shape index (κ3) is 2.88. The molecule has 4 heteroatoms. The van der Waals surface area contributed by atoms with Crippen molar-refractivity contribution in [2.24, 2.45) is 0 Å². The summed E-state index contributed by atoms with van der Waals surface area (Å²) >= 11 is 0. The quantitative estimate of drug-likeness (QED) is 0.762. The highest BCUT2D eigenvalue weighted by molar-refractivity contribution is 5.93. The van der Waals surface area contributed by atoms with Gasteiger partial charge in [0.05, 0.1) is 20.6 Å². The standard InChI is InChI=1S/C20H22O4/c1-23-17(21)10-5-11-20(13-18(22)24-2)12-15-8-3-6-14-7-4-9-16(20)19(14)15/h3-4,6-9H,5,10-13H2,1-2H3. The molecular formula is C20H22O4. The van der Waals surface area contributed by atoms with Crippen molar-refractivity contribution < 1.29 is 19.1 Å². The molecule has 3 rings (SSSR count). The Labute approximate surface area is 141 Å². The topological polar surface area (TPSA) is 52.6 Å². The van der Waals surface area contributed by atoms with Gasteiger partial charge < -0.3 is 9.47 Å². The minimum absolute atomic E-state index is 0.210. The summed E-state index contributed by atoms with van der Waals surface area (Å²) < 4.78 is 9.69. The molecule has 4 nitrogen and oxygen atoms in total. The van der Waals surface area contributed by atoms with Crippen molar-refractivity contribution in [2.75, 3.05) is 14.2 Å². The maximum absolute atomic E-state index is 12.1. The molecule has 2 aromatic rings. The van der Waals surface area contributed by atoms with Crippen molar-refractivity contribution in [3.8, 4) is 0 Å². The minimum Gasteiger partial charge on any atom is -0.469 e. The van der Waals surface area contributed by atoms with Gasteiger partial charge in [0.1, 0.15) is 0 Å². The fourth-order valence-corrected chi connectivity index (χ4v) is 3.96. The van der Waals surface area contributed by atoms with E-state index in [1.165, 1.54) is 36.1 Å². The molecule has 0 radical (unpaired) electrons. The number of carbonyl (C=O) groups excluding carboxylic acids is 2. The molecule has 0 fully saturated rings. The third-order valence-corrected chi connectivity index (χ3v) is 5.07. The first-order chi connectivity index (χ1) is 11.6. The Balaban J connectivity index is 1.97. The number of methoxy groups -OCH3 is 2. The minimum atomic E-state index is -0.301. The molecule has 0 saturated heterocycles. The van der Waals surface area contributed by atoms with Crippen LogP contribution >= 0.6 is 0 Å². The Bertz CT molecular complexity index is 775. The molecule has 0 amide bonds. The van der Waals surface area contributed by atoms with Crippen LogP contribution in [0, 0.1) is 0 Å². The van der Waals surface area contributed by atoms with Gasteiger partial charge in [-0.15, -0.1) is 0 Å². The first kappa shape index (κ1) is 16.5. The van der Waals surface area contributed by atoms with Crippen LogP contribution in [-0.4, -0.2) is 26.2 Å². The van der Waals surface area contributed by atoms with Crippen LogP contribution in [0.4, 0.5) is 0 Å². The number of esters is 2. The lowest BCUT2D eigenvalue weighted by Gasteiger charge is -2.29. The Morgan fingerprint density at radius 1 is 1.04 bits per heavy atom. The molecule has 1 unspecified atom stereocenters. The van der Waals surface area contributed by atoms with Gasteiger partial charge in [-0.05, 0) is 41.2 Å². The van der Waals surface area contributed by atoms with Crippen molar-refractivity contribution in [3.63, 3.8) is 0 Å². The molecule has 24 heavy (non-hydrogen) atoms. The van der Waals surface area contributed by atoms with Crippen molar-refractivity contribution in [3.05, 3.63) is 47.5 Å².